The molecule has 0 spiro atoms. The number of hydrogen-bond donors (Lipinski definition) is 0. The molecule has 124 valence electrons. The van der Waals surface area contributed by atoms with Crippen molar-refractivity contribution in [3.63, 3.8) is 0 Å². The van der Waals surface area contributed by atoms with E-state index < -0.39 is 0 Å². The number of nitriles is 1. The summed E-state index contributed by atoms with van der Waals surface area (Å²) < 4.78 is 2.07. The Labute approximate surface area is 147 Å². The molecule has 0 N–H and O–H groups in total. The first-order valence-electron chi connectivity index (χ1n) is 8.17. The third-order valence-corrected chi connectivity index (χ3v) is 5.32. The summed E-state index contributed by atoms with van der Waals surface area (Å²) in [7, 11) is 1.75. The predicted molar refractivity (Wildman–Crippen MR) is 97.9 cm³/mol. The van der Waals surface area contributed by atoms with E-state index in [1.165, 1.54) is 5.56 Å². The summed E-state index contributed by atoms with van der Waals surface area (Å²) in [5, 5.41) is 10.7. The van der Waals surface area contributed by atoms with Crippen molar-refractivity contribution >= 4 is 11.8 Å². The SMILES string of the molecule is C/N=c1/c(C#N)c(-c2ccc(C(C)(C)C)cc2)nc2n1CCCS2. The largest absolute Gasteiger partial charge is 0.305 e. The quantitative estimate of drug-likeness (QED) is 0.744. The molecule has 0 bridgehead atoms. The van der Waals surface area contributed by atoms with E-state index in [1.54, 1.807) is 18.8 Å². The second-order valence-electron chi connectivity index (χ2n) is 6.96. The molecule has 3 rings (SSSR count). The second kappa shape index (κ2) is 6.45. The van der Waals surface area contributed by atoms with Crippen molar-refractivity contribution in [3.05, 3.63) is 40.9 Å². The molecular weight excluding hydrogens is 316 g/mol. The van der Waals surface area contributed by atoms with Crippen molar-refractivity contribution in [3.8, 4) is 17.3 Å². The topological polar surface area (TPSA) is 54.0 Å². The second-order valence-corrected chi connectivity index (χ2v) is 8.02. The average Bonchev–Trinajstić information content (AvgIpc) is 2.59. The minimum Gasteiger partial charge on any atom is -0.305 e. The van der Waals surface area contributed by atoms with Crippen molar-refractivity contribution < 1.29 is 0 Å². The fraction of sp³-hybridized carbons (Fsp3) is 0.421. The smallest absolute Gasteiger partial charge is 0.170 e. The summed E-state index contributed by atoms with van der Waals surface area (Å²) >= 11 is 1.74. The van der Waals surface area contributed by atoms with Crippen molar-refractivity contribution in [1.82, 2.24) is 9.55 Å². The van der Waals surface area contributed by atoms with Gasteiger partial charge >= 0.3 is 0 Å². The summed E-state index contributed by atoms with van der Waals surface area (Å²) in [6.07, 6.45) is 1.08. The molecule has 0 fully saturated rings. The van der Waals surface area contributed by atoms with Crippen LogP contribution in [0.3, 0.4) is 0 Å². The number of thioether (sulfide) groups is 1. The van der Waals surface area contributed by atoms with Crippen LogP contribution in [0.15, 0.2) is 34.4 Å². The van der Waals surface area contributed by atoms with Crippen molar-refractivity contribution in [1.29, 1.82) is 5.26 Å². The fourth-order valence-corrected chi connectivity index (χ4v) is 3.86. The molecule has 1 aliphatic rings. The fourth-order valence-electron chi connectivity index (χ4n) is 2.91. The molecule has 0 aliphatic carbocycles. The van der Waals surface area contributed by atoms with Crippen LogP contribution in [0.1, 0.15) is 38.3 Å². The Morgan fingerprint density at radius 3 is 2.54 bits per heavy atom. The minimum absolute atomic E-state index is 0.107. The number of nitrogens with zero attached hydrogens (tertiary/aromatic N) is 4. The third kappa shape index (κ3) is 2.99. The number of rotatable bonds is 1. The van der Waals surface area contributed by atoms with E-state index in [4.69, 9.17) is 4.98 Å². The lowest BCUT2D eigenvalue weighted by Crippen LogP contribution is -2.30. The van der Waals surface area contributed by atoms with Crippen LogP contribution in [0.5, 0.6) is 0 Å². The highest BCUT2D eigenvalue weighted by atomic mass is 32.2. The highest BCUT2D eigenvalue weighted by molar-refractivity contribution is 7.99. The Morgan fingerprint density at radius 2 is 1.96 bits per heavy atom. The molecule has 5 heteroatoms. The van der Waals surface area contributed by atoms with Gasteiger partial charge in [0.2, 0.25) is 0 Å². The number of aromatic nitrogens is 2. The molecule has 2 heterocycles. The van der Waals surface area contributed by atoms with E-state index in [0.29, 0.717) is 5.56 Å². The first kappa shape index (κ1) is 16.8. The van der Waals surface area contributed by atoms with Crippen LogP contribution >= 0.6 is 11.8 Å². The van der Waals surface area contributed by atoms with Crippen molar-refractivity contribution in [2.75, 3.05) is 12.8 Å². The molecular formula is C19H22N4S. The van der Waals surface area contributed by atoms with E-state index >= 15 is 0 Å². The summed E-state index contributed by atoms with van der Waals surface area (Å²) in [6.45, 7) is 7.46. The van der Waals surface area contributed by atoms with Crippen LogP contribution in [0.25, 0.3) is 11.3 Å². The number of fused-ring (bicyclic) bond motifs is 1. The number of benzene rings is 1. The van der Waals surface area contributed by atoms with Crippen LogP contribution in [-0.4, -0.2) is 22.4 Å². The van der Waals surface area contributed by atoms with Gasteiger partial charge in [-0.3, -0.25) is 4.99 Å². The first-order valence-corrected chi connectivity index (χ1v) is 9.15. The maximum Gasteiger partial charge on any atom is 0.170 e. The van der Waals surface area contributed by atoms with Gasteiger partial charge in [-0.25, -0.2) is 4.98 Å². The van der Waals surface area contributed by atoms with Gasteiger partial charge in [0, 0.05) is 24.9 Å². The van der Waals surface area contributed by atoms with E-state index in [-0.39, 0.29) is 5.41 Å². The summed E-state index contributed by atoms with van der Waals surface area (Å²) in [4.78, 5) is 9.18. The van der Waals surface area contributed by atoms with Gasteiger partial charge < -0.3 is 4.57 Å². The van der Waals surface area contributed by atoms with Gasteiger partial charge in [0.25, 0.3) is 0 Å². The van der Waals surface area contributed by atoms with Gasteiger partial charge in [0.05, 0.1) is 5.69 Å². The molecule has 0 radical (unpaired) electrons. The highest BCUT2D eigenvalue weighted by Crippen LogP contribution is 2.29. The third-order valence-electron chi connectivity index (χ3n) is 4.26. The van der Waals surface area contributed by atoms with E-state index in [1.807, 2.05) is 0 Å². The van der Waals surface area contributed by atoms with E-state index in [9.17, 15) is 5.26 Å². The lowest BCUT2D eigenvalue weighted by atomic mass is 9.86. The normalized spacial score (nSPS) is 15.0. The molecule has 0 amide bonds. The Hall–Kier alpha value is -2.06. The molecule has 0 saturated carbocycles. The molecule has 0 saturated heterocycles. The summed E-state index contributed by atoms with van der Waals surface area (Å²) in [6, 6.07) is 10.7. The van der Waals surface area contributed by atoms with Gasteiger partial charge in [-0.1, -0.05) is 56.8 Å². The minimum atomic E-state index is 0.107. The summed E-state index contributed by atoms with van der Waals surface area (Å²) in [5.41, 5.74) is 4.39. The van der Waals surface area contributed by atoms with Crippen LogP contribution < -0.4 is 5.49 Å². The van der Waals surface area contributed by atoms with Gasteiger partial charge in [-0.05, 0) is 17.4 Å². The van der Waals surface area contributed by atoms with Gasteiger partial charge in [0.15, 0.2) is 5.16 Å². The highest BCUT2D eigenvalue weighted by Gasteiger charge is 2.20. The standard InChI is InChI=1S/C19H22N4S/c1-19(2,3)14-8-6-13(7-9-14)16-15(12-20)17(21-4)23-10-5-11-24-18(23)22-16/h6-9H,5,10-11H2,1-4H3/b21-17-. The zero-order valence-corrected chi connectivity index (χ0v) is 15.4. The predicted octanol–water partition coefficient (Wildman–Crippen LogP) is 3.75. The molecule has 24 heavy (non-hydrogen) atoms. The Kier molecular flexibility index (Phi) is 4.51. The Balaban J connectivity index is 2.20. The average molecular weight is 338 g/mol. The Bertz CT molecular complexity index is 864. The maximum absolute atomic E-state index is 9.71. The van der Waals surface area contributed by atoms with Crippen LogP contribution in [0, 0.1) is 11.3 Å². The summed E-state index contributed by atoms with van der Waals surface area (Å²) in [5.74, 6) is 1.06. The lowest BCUT2D eigenvalue weighted by Gasteiger charge is -2.21. The molecule has 1 aromatic heterocycles. The molecule has 1 aliphatic heterocycles. The van der Waals surface area contributed by atoms with Gasteiger partial charge in [0.1, 0.15) is 17.1 Å². The molecule has 2 aromatic rings. The zero-order valence-electron chi connectivity index (χ0n) is 14.6. The van der Waals surface area contributed by atoms with Crippen LogP contribution in [0.2, 0.25) is 0 Å². The molecule has 4 nitrogen and oxygen atoms in total. The van der Waals surface area contributed by atoms with E-state index in [2.05, 4.69) is 60.7 Å². The molecule has 0 unspecified atom stereocenters. The Morgan fingerprint density at radius 1 is 1.25 bits per heavy atom. The van der Waals surface area contributed by atoms with Crippen molar-refractivity contribution in [2.24, 2.45) is 4.99 Å². The van der Waals surface area contributed by atoms with Crippen molar-refractivity contribution in [2.45, 2.75) is 44.3 Å². The van der Waals surface area contributed by atoms with Crippen LogP contribution in [-0.2, 0) is 12.0 Å². The zero-order chi connectivity index (χ0) is 17.3. The monoisotopic (exact) mass is 338 g/mol. The number of hydrogen-bond acceptors (Lipinski definition) is 4. The first-order chi connectivity index (χ1) is 11.5. The van der Waals surface area contributed by atoms with Gasteiger partial charge in [-0.2, -0.15) is 5.26 Å². The molecule has 1 aromatic carbocycles. The van der Waals surface area contributed by atoms with Gasteiger partial charge in [-0.15, -0.1) is 0 Å². The van der Waals surface area contributed by atoms with E-state index in [0.717, 1.165) is 40.6 Å². The van der Waals surface area contributed by atoms with Crippen LogP contribution in [0.4, 0.5) is 0 Å². The molecule has 0 atom stereocenters. The maximum atomic E-state index is 9.71. The lowest BCUT2D eigenvalue weighted by molar-refractivity contribution is 0.553.